The first-order valence-electron chi connectivity index (χ1n) is 6.09. The Hall–Kier alpha value is -2.24. The molecule has 0 aliphatic carbocycles. The Kier molecular flexibility index (Phi) is 3.89. The number of methoxy groups -OCH3 is 1. The highest BCUT2D eigenvalue weighted by molar-refractivity contribution is 6.00. The van der Waals surface area contributed by atoms with E-state index in [0.29, 0.717) is 18.8 Å². The lowest BCUT2D eigenvalue weighted by molar-refractivity contribution is 0.0698. The van der Waals surface area contributed by atoms with E-state index < -0.39 is 5.97 Å². The summed E-state index contributed by atoms with van der Waals surface area (Å²) in [4.78, 5) is 24.8. The minimum absolute atomic E-state index is 0.0494. The monoisotopic (exact) mass is 264 g/mol. The highest BCUT2D eigenvalue weighted by Crippen LogP contribution is 2.23. The predicted octanol–water partition coefficient (Wildman–Crippen LogP) is 2.02. The fraction of sp³-hybridized carbons (Fsp3) is 0.385. The highest BCUT2D eigenvalue weighted by Gasteiger charge is 2.20. The topological polar surface area (TPSA) is 78.9 Å². The maximum Gasteiger partial charge on any atom is 0.337 e. The van der Waals surface area contributed by atoms with Gasteiger partial charge in [-0.1, -0.05) is 0 Å². The molecule has 1 saturated heterocycles. The Labute approximate surface area is 111 Å². The Morgan fingerprint density at radius 1 is 1.32 bits per heavy atom. The van der Waals surface area contributed by atoms with Gasteiger partial charge in [0.25, 0.3) is 0 Å². The Balaban J connectivity index is 2.21. The first kappa shape index (κ1) is 13.2. The van der Waals surface area contributed by atoms with Crippen molar-refractivity contribution in [1.82, 2.24) is 4.90 Å². The van der Waals surface area contributed by atoms with Crippen molar-refractivity contribution < 1.29 is 19.4 Å². The van der Waals surface area contributed by atoms with E-state index in [-0.39, 0.29) is 17.3 Å². The molecule has 2 N–H and O–H groups in total. The second-order valence-electron chi connectivity index (χ2n) is 4.34. The molecule has 0 atom stereocenters. The third kappa shape index (κ3) is 2.96. The van der Waals surface area contributed by atoms with Crippen LogP contribution in [0, 0.1) is 0 Å². The molecule has 1 fully saturated rings. The minimum Gasteiger partial charge on any atom is -0.497 e. The van der Waals surface area contributed by atoms with Gasteiger partial charge < -0.3 is 20.1 Å². The molecule has 0 spiro atoms. The standard InChI is InChI=1S/C13H16N2O4/c1-19-9-4-5-10(12(16)17)11(8-9)14-13(18)15-6-2-3-7-15/h4-5,8H,2-3,6-7H2,1H3,(H,14,18)(H,16,17). The fourth-order valence-corrected chi connectivity index (χ4v) is 2.05. The van der Waals surface area contributed by atoms with E-state index in [9.17, 15) is 9.59 Å². The molecular weight excluding hydrogens is 248 g/mol. The van der Waals surface area contributed by atoms with Crippen LogP contribution in [0.2, 0.25) is 0 Å². The van der Waals surface area contributed by atoms with Gasteiger partial charge in [-0.25, -0.2) is 9.59 Å². The fourth-order valence-electron chi connectivity index (χ4n) is 2.05. The molecule has 1 aromatic carbocycles. The summed E-state index contributed by atoms with van der Waals surface area (Å²) in [5, 5.41) is 11.7. The molecule has 0 aromatic heterocycles. The van der Waals surface area contributed by atoms with E-state index in [1.54, 1.807) is 11.0 Å². The van der Waals surface area contributed by atoms with Crippen molar-refractivity contribution in [2.45, 2.75) is 12.8 Å². The summed E-state index contributed by atoms with van der Waals surface area (Å²) in [5.74, 6) is -0.582. The van der Waals surface area contributed by atoms with Gasteiger partial charge >= 0.3 is 12.0 Å². The highest BCUT2D eigenvalue weighted by atomic mass is 16.5. The molecule has 0 unspecified atom stereocenters. The predicted molar refractivity (Wildman–Crippen MR) is 69.8 cm³/mol. The zero-order chi connectivity index (χ0) is 13.8. The van der Waals surface area contributed by atoms with E-state index in [1.807, 2.05) is 0 Å². The molecule has 2 rings (SSSR count). The maximum absolute atomic E-state index is 12.0. The van der Waals surface area contributed by atoms with Crippen molar-refractivity contribution in [1.29, 1.82) is 0 Å². The summed E-state index contributed by atoms with van der Waals surface area (Å²) in [6.45, 7) is 1.41. The average Bonchev–Trinajstić information content (AvgIpc) is 2.92. The summed E-state index contributed by atoms with van der Waals surface area (Å²) < 4.78 is 5.04. The smallest absolute Gasteiger partial charge is 0.337 e. The number of carboxylic acid groups (broad SMARTS) is 1. The minimum atomic E-state index is -1.08. The van der Waals surface area contributed by atoms with E-state index in [0.717, 1.165) is 12.8 Å². The lowest BCUT2D eigenvalue weighted by Crippen LogP contribution is -2.32. The summed E-state index contributed by atoms with van der Waals surface area (Å²) in [6.07, 6.45) is 1.97. The molecule has 1 aliphatic rings. The van der Waals surface area contributed by atoms with Crippen LogP contribution < -0.4 is 10.1 Å². The summed E-state index contributed by atoms with van der Waals surface area (Å²) in [5.41, 5.74) is 0.303. The normalized spacial score (nSPS) is 14.3. The Bertz CT molecular complexity index is 495. The van der Waals surface area contributed by atoms with Crippen molar-refractivity contribution in [2.75, 3.05) is 25.5 Å². The van der Waals surface area contributed by atoms with Gasteiger partial charge in [0.2, 0.25) is 0 Å². The summed E-state index contributed by atoms with van der Waals surface area (Å²) in [7, 11) is 1.49. The largest absolute Gasteiger partial charge is 0.497 e. The maximum atomic E-state index is 12.0. The number of amides is 2. The van der Waals surface area contributed by atoms with Crippen LogP contribution in [0.4, 0.5) is 10.5 Å². The van der Waals surface area contributed by atoms with Crippen LogP contribution in [-0.4, -0.2) is 42.2 Å². The van der Waals surface area contributed by atoms with Crippen LogP contribution in [0.1, 0.15) is 23.2 Å². The Morgan fingerprint density at radius 2 is 2.00 bits per heavy atom. The molecule has 6 heteroatoms. The molecule has 1 aromatic rings. The molecule has 0 saturated carbocycles. The number of likely N-dealkylation sites (tertiary alicyclic amines) is 1. The number of benzene rings is 1. The van der Waals surface area contributed by atoms with Crippen LogP contribution in [-0.2, 0) is 0 Å². The van der Waals surface area contributed by atoms with Crippen molar-refractivity contribution in [3.05, 3.63) is 23.8 Å². The van der Waals surface area contributed by atoms with Crippen molar-refractivity contribution in [3.8, 4) is 5.75 Å². The number of nitrogens with zero attached hydrogens (tertiary/aromatic N) is 1. The summed E-state index contributed by atoms with van der Waals surface area (Å²) >= 11 is 0. The number of urea groups is 1. The number of carboxylic acids is 1. The molecule has 0 bridgehead atoms. The number of nitrogens with one attached hydrogen (secondary N) is 1. The lowest BCUT2D eigenvalue weighted by atomic mass is 10.1. The van der Waals surface area contributed by atoms with Gasteiger partial charge in [-0.15, -0.1) is 0 Å². The van der Waals surface area contributed by atoms with Gasteiger partial charge in [-0.05, 0) is 25.0 Å². The van der Waals surface area contributed by atoms with Crippen LogP contribution in [0.25, 0.3) is 0 Å². The van der Waals surface area contributed by atoms with Crippen LogP contribution in [0.5, 0.6) is 5.75 Å². The molecule has 2 amide bonds. The van der Waals surface area contributed by atoms with Gasteiger partial charge in [-0.3, -0.25) is 0 Å². The van der Waals surface area contributed by atoms with Gasteiger partial charge in [0.15, 0.2) is 0 Å². The third-order valence-corrected chi connectivity index (χ3v) is 3.09. The molecule has 19 heavy (non-hydrogen) atoms. The van der Waals surface area contributed by atoms with Gasteiger partial charge in [0.1, 0.15) is 5.75 Å². The average molecular weight is 264 g/mol. The first-order chi connectivity index (χ1) is 9.11. The van der Waals surface area contributed by atoms with E-state index in [4.69, 9.17) is 9.84 Å². The molecule has 6 nitrogen and oxygen atoms in total. The zero-order valence-electron chi connectivity index (χ0n) is 10.7. The molecule has 1 heterocycles. The van der Waals surface area contributed by atoms with Gasteiger partial charge in [-0.2, -0.15) is 0 Å². The number of rotatable bonds is 3. The summed E-state index contributed by atoms with van der Waals surface area (Å²) in [6, 6.07) is 4.21. The zero-order valence-corrected chi connectivity index (χ0v) is 10.7. The van der Waals surface area contributed by atoms with Gasteiger partial charge in [0, 0.05) is 19.2 Å². The van der Waals surface area contributed by atoms with Crippen molar-refractivity contribution >= 4 is 17.7 Å². The van der Waals surface area contributed by atoms with Crippen LogP contribution in [0.3, 0.4) is 0 Å². The lowest BCUT2D eigenvalue weighted by Gasteiger charge is -2.17. The number of aromatic carboxylic acids is 1. The number of hydrogen-bond acceptors (Lipinski definition) is 3. The Morgan fingerprint density at radius 3 is 2.58 bits per heavy atom. The molecule has 0 radical (unpaired) electrons. The molecule has 102 valence electrons. The van der Waals surface area contributed by atoms with E-state index in [2.05, 4.69) is 5.32 Å². The van der Waals surface area contributed by atoms with Gasteiger partial charge in [0.05, 0.1) is 18.4 Å². The van der Waals surface area contributed by atoms with Crippen molar-refractivity contribution in [3.63, 3.8) is 0 Å². The number of carbonyl (C=O) groups excluding carboxylic acids is 1. The van der Waals surface area contributed by atoms with Crippen LogP contribution >= 0.6 is 0 Å². The van der Waals surface area contributed by atoms with Crippen LogP contribution in [0.15, 0.2) is 18.2 Å². The second kappa shape index (κ2) is 5.60. The number of carbonyl (C=O) groups is 2. The second-order valence-corrected chi connectivity index (χ2v) is 4.34. The first-order valence-corrected chi connectivity index (χ1v) is 6.09. The van der Waals surface area contributed by atoms with E-state index in [1.165, 1.54) is 19.2 Å². The third-order valence-electron chi connectivity index (χ3n) is 3.09. The SMILES string of the molecule is COc1ccc(C(=O)O)c(NC(=O)N2CCCC2)c1. The van der Waals surface area contributed by atoms with Crippen molar-refractivity contribution in [2.24, 2.45) is 0 Å². The number of ether oxygens (including phenoxy) is 1. The number of anilines is 1. The molecule has 1 aliphatic heterocycles. The van der Waals surface area contributed by atoms with E-state index >= 15 is 0 Å². The quantitative estimate of drug-likeness (QED) is 0.875. The molecular formula is C13H16N2O4. The number of hydrogen-bond donors (Lipinski definition) is 2.